The van der Waals surface area contributed by atoms with Crippen LogP contribution in [-0.2, 0) is 9.53 Å². The third-order valence-corrected chi connectivity index (χ3v) is 4.94. The maximum Gasteiger partial charge on any atom is 0.363 e. The Morgan fingerprint density at radius 3 is 2.39 bits per heavy atom. The van der Waals surface area contributed by atoms with Crippen molar-refractivity contribution in [1.82, 2.24) is 9.78 Å². The molecule has 0 aliphatic carbocycles. The van der Waals surface area contributed by atoms with Crippen molar-refractivity contribution in [2.24, 2.45) is 0 Å². The number of carbonyl (C=O) groups is 2. The van der Waals surface area contributed by atoms with E-state index in [1.807, 2.05) is 55.5 Å². The van der Waals surface area contributed by atoms with Gasteiger partial charge in [0, 0.05) is 5.69 Å². The van der Waals surface area contributed by atoms with E-state index in [0.717, 1.165) is 22.5 Å². The van der Waals surface area contributed by atoms with E-state index in [-0.39, 0.29) is 17.4 Å². The molecule has 0 aliphatic rings. The lowest BCUT2D eigenvalue weighted by molar-refractivity contribution is -0.123. The topological polar surface area (TPSA) is 82.5 Å². The van der Waals surface area contributed by atoms with Gasteiger partial charge in [-0.05, 0) is 43.0 Å². The molecule has 3 rings (SSSR count). The molecule has 0 saturated carbocycles. The number of para-hydroxylation sites is 2. The summed E-state index contributed by atoms with van der Waals surface area (Å²) < 4.78 is 12.2. The average Bonchev–Trinajstić information content (AvgIpc) is 3.20. The van der Waals surface area contributed by atoms with Crippen LogP contribution in [-0.4, -0.2) is 34.9 Å². The molecule has 3 aromatic rings. The lowest BCUT2D eigenvalue weighted by atomic mass is 9.98. The van der Waals surface area contributed by atoms with Crippen LogP contribution in [0.25, 0.3) is 5.69 Å². The van der Waals surface area contributed by atoms with Crippen LogP contribution in [0.1, 0.15) is 48.3 Å². The Balaban J connectivity index is 1.75. The summed E-state index contributed by atoms with van der Waals surface area (Å²) in [7, 11) is 1.45. The van der Waals surface area contributed by atoms with E-state index in [4.69, 9.17) is 9.47 Å². The van der Waals surface area contributed by atoms with E-state index >= 15 is 0 Å². The maximum absolute atomic E-state index is 12.7. The van der Waals surface area contributed by atoms with Gasteiger partial charge in [0.1, 0.15) is 0 Å². The van der Waals surface area contributed by atoms with E-state index < -0.39 is 18.0 Å². The number of anilines is 1. The number of carbonyl (C=O) groups excluding carboxylic acids is 2. The standard InChI is InChI=1S/C24H27N3O4/c1-15(2)19-13-9-10-16(3)21(19)25-23(28)17(4)31-24(29)22-20(30-5)14-27(26-22)18-11-7-6-8-12-18/h6-15,17H,1-5H3,(H,25,28)/t17-/m0/s1. The fourth-order valence-corrected chi connectivity index (χ4v) is 3.20. The van der Waals surface area contributed by atoms with Crippen LogP contribution in [0.15, 0.2) is 54.7 Å². The molecule has 162 valence electrons. The second kappa shape index (κ2) is 9.47. The first kappa shape index (κ1) is 22.1. The Hall–Kier alpha value is -3.61. The van der Waals surface area contributed by atoms with Gasteiger partial charge < -0.3 is 14.8 Å². The minimum absolute atomic E-state index is 0.00441. The van der Waals surface area contributed by atoms with Crippen LogP contribution in [0.2, 0.25) is 0 Å². The predicted octanol–water partition coefficient (Wildman–Crippen LogP) is 4.50. The molecule has 0 bridgehead atoms. The molecule has 0 radical (unpaired) electrons. The van der Waals surface area contributed by atoms with E-state index in [2.05, 4.69) is 24.3 Å². The minimum atomic E-state index is -1.02. The van der Waals surface area contributed by atoms with Crippen molar-refractivity contribution in [2.45, 2.75) is 39.7 Å². The van der Waals surface area contributed by atoms with Crippen LogP contribution in [0, 0.1) is 6.92 Å². The van der Waals surface area contributed by atoms with Crippen LogP contribution in [0.5, 0.6) is 5.75 Å². The van der Waals surface area contributed by atoms with Gasteiger partial charge in [0.05, 0.1) is 19.0 Å². The van der Waals surface area contributed by atoms with Gasteiger partial charge in [-0.3, -0.25) is 4.79 Å². The Morgan fingerprint density at radius 2 is 1.74 bits per heavy atom. The molecular weight excluding hydrogens is 394 g/mol. The number of benzene rings is 2. The van der Waals surface area contributed by atoms with Crippen molar-refractivity contribution in [3.8, 4) is 11.4 Å². The summed E-state index contributed by atoms with van der Waals surface area (Å²) in [6.45, 7) is 7.58. The molecule has 0 spiro atoms. The Labute approximate surface area is 182 Å². The first-order valence-electron chi connectivity index (χ1n) is 10.1. The number of esters is 1. The molecule has 1 amide bonds. The number of hydrogen-bond donors (Lipinski definition) is 1. The normalized spacial score (nSPS) is 11.8. The smallest absolute Gasteiger partial charge is 0.363 e. The first-order chi connectivity index (χ1) is 14.8. The molecular formula is C24H27N3O4. The lowest BCUT2D eigenvalue weighted by Gasteiger charge is -2.19. The summed E-state index contributed by atoms with van der Waals surface area (Å²) in [6, 6.07) is 15.2. The number of hydrogen-bond acceptors (Lipinski definition) is 5. The Bertz CT molecular complexity index is 1070. The zero-order valence-corrected chi connectivity index (χ0v) is 18.4. The maximum atomic E-state index is 12.7. The van der Waals surface area contributed by atoms with Gasteiger partial charge in [-0.2, -0.15) is 5.10 Å². The molecule has 1 N–H and O–H groups in total. The highest BCUT2D eigenvalue weighted by molar-refractivity contribution is 5.98. The van der Waals surface area contributed by atoms with Crippen molar-refractivity contribution in [3.63, 3.8) is 0 Å². The highest BCUT2D eigenvalue weighted by Crippen LogP contribution is 2.28. The van der Waals surface area contributed by atoms with Crippen molar-refractivity contribution >= 4 is 17.6 Å². The predicted molar refractivity (Wildman–Crippen MR) is 119 cm³/mol. The highest BCUT2D eigenvalue weighted by atomic mass is 16.6. The summed E-state index contributed by atoms with van der Waals surface area (Å²) in [6.07, 6.45) is 0.581. The van der Waals surface area contributed by atoms with Crippen LogP contribution < -0.4 is 10.1 Å². The van der Waals surface area contributed by atoms with Gasteiger partial charge >= 0.3 is 5.97 Å². The summed E-state index contributed by atoms with van der Waals surface area (Å²) in [5.41, 5.74) is 3.49. The van der Waals surface area contributed by atoms with Gasteiger partial charge in [0.25, 0.3) is 5.91 Å². The quantitative estimate of drug-likeness (QED) is 0.568. The first-order valence-corrected chi connectivity index (χ1v) is 10.1. The van der Waals surface area contributed by atoms with Gasteiger partial charge in [-0.25, -0.2) is 9.48 Å². The number of rotatable bonds is 7. The number of ether oxygens (including phenoxy) is 2. The monoisotopic (exact) mass is 421 g/mol. The SMILES string of the molecule is COc1cn(-c2ccccc2)nc1C(=O)O[C@@H](C)C(=O)Nc1c(C)cccc1C(C)C. The van der Waals surface area contributed by atoms with E-state index in [1.54, 1.807) is 6.20 Å². The molecule has 1 aromatic heterocycles. The second-order valence-electron chi connectivity index (χ2n) is 7.56. The molecule has 31 heavy (non-hydrogen) atoms. The van der Waals surface area contributed by atoms with Crippen molar-refractivity contribution in [1.29, 1.82) is 0 Å². The van der Waals surface area contributed by atoms with Crippen LogP contribution >= 0.6 is 0 Å². The molecule has 0 fully saturated rings. The van der Waals surface area contributed by atoms with E-state index in [1.165, 1.54) is 18.7 Å². The van der Waals surface area contributed by atoms with Crippen molar-refractivity contribution < 1.29 is 19.1 Å². The number of nitrogens with one attached hydrogen (secondary N) is 1. The fourth-order valence-electron chi connectivity index (χ4n) is 3.20. The molecule has 1 atom stereocenters. The lowest BCUT2D eigenvalue weighted by Crippen LogP contribution is -2.31. The largest absolute Gasteiger partial charge is 0.493 e. The highest BCUT2D eigenvalue weighted by Gasteiger charge is 2.25. The van der Waals surface area contributed by atoms with Gasteiger partial charge in [0.2, 0.25) is 5.69 Å². The third kappa shape index (κ3) is 4.94. The number of nitrogens with zero attached hydrogens (tertiary/aromatic N) is 2. The summed E-state index contributed by atoms with van der Waals surface area (Å²) in [5, 5.41) is 7.19. The summed E-state index contributed by atoms with van der Waals surface area (Å²) in [4.78, 5) is 25.5. The van der Waals surface area contributed by atoms with Gasteiger partial charge in [-0.1, -0.05) is 50.2 Å². The molecule has 1 heterocycles. The molecule has 7 nitrogen and oxygen atoms in total. The molecule has 0 saturated heterocycles. The zero-order valence-electron chi connectivity index (χ0n) is 18.4. The fraction of sp³-hybridized carbons (Fsp3) is 0.292. The van der Waals surface area contributed by atoms with E-state index in [0.29, 0.717) is 0 Å². The number of methoxy groups -OCH3 is 1. The Morgan fingerprint density at radius 1 is 1.03 bits per heavy atom. The summed E-state index contributed by atoms with van der Waals surface area (Å²) >= 11 is 0. The van der Waals surface area contributed by atoms with Gasteiger partial charge in [-0.15, -0.1) is 0 Å². The summed E-state index contributed by atoms with van der Waals surface area (Å²) in [5.74, 6) is -0.643. The number of amides is 1. The third-order valence-electron chi connectivity index (χ3n) is 4.94. The molecule has 0 unspecified atom stereocenters. The molecule has 0 aliphatic heterocycles. The van der Waals surface area contributed by atoms with E-state index in [9.17, 15) is 9.59 Å². The van der Waals surface area contributed by atoms with Crippen molar-refractivity contribution in [3.05, 3.63) is 71.5 Å². The molecule has 7 heteroatoms. The van der Waals surface area contributed by atoms with Gasteiger partial charge in [0.15, 0.2) is 11.9 Å². The van der Waals surface area contributed by atoms with Crippen molar-refractivity contribution in [2.75, 3.05) is 12.4 Å². The Kier molecular flexibility index (Phi) is 6.74. The molecule has 2 aromatic carbocycles. The van der Waals surface area contributed by atoms with Crippen LogP contribution in [0.3, 0.4) is 0 Å². The van der Waals surface area contributed by atoms with Crippen LogP contribution in [0.4, 0.5) is 5.69 Å². The zero-order chi connectivity index (χ0) is 22.5. The number of aromatic nitrogens is 2. The average molecular weight is 421 g/mol. The second-order valence-corrected chi connectivity index (χ2v) is 7.56. The number of aryl methyl sites for hydroxylation is 1. The minimum Gasteiger partial charge on any atom is -0.493 e.